The fourth-order valence-corrected chi connectivity index (χ4v) is 1.26. The first-order valence-electron chi connectivity index (χ1n) is 5.38. The maximum absolute atomic E-state index is 10.9. The molecule has 0 amide bonds. The van der Waals surface area contributed by atoms with Crippen LogP contribution in [0.25, 0.3) is 0 Å². The summed E-state index contributed by atoms with van der Waals surface area (Å²) in [5.74, 6) is -1.08. The number of carbonyl (C=O) groups is 2. The van der Waals surface area contributed by atoms with Gasteiger partial charge in [-0.25, -0.2) is 4.79 Å². The Morgan fingerprint density at radius 2 is 2.06 bits per heavy atom. The molecule has 1 rings (SSSR count). The van der Waals surface area contributed by atoms with E-state index in [1.807, 2.05) is 0 Å². The van der Waals surface area contributed by atoms with E-state index in [0.717, 1.165) is 0 Å². The SMILES string of the molecule is COC(=O)CNCCOc1ccccc1C(=O)O. The molecule has 0 saturated heterocycles. The number of hydrogen-bond acceptors (Lipinski definition) is 5. The molecule has 98 valence electrons. The molecule has 0 unspecified atom stereocenters. The lowest BCUT2D eigenvalue weighted by atomic mass is 10.2. The Morgan fingerprint density at radius 3 is 2.72 bits per heavy atom. The predicted octanol–water partition coefficient (Wildman–Crippen LogP) is 0.526. The number of aromatic carboxylic acids is 1. The number of carboxylic acid groups (broad SMARTS) is 1. The summed E-state index contributed by atoms with van der Waals surface area (Å²) in [6.45, 7) is 0.783. The Balaban J connectivity index is 2.35. The Morgan fingerprint density at radius 1 is 1.33 bits per heavy atom. The van der Waals surface area contributed by atoms with Gasteiger partial charge in [-0.15, -0.1) is 0 Å². The van der Waals surface area contributed by atoms with E-state index in [0.29, 0.717) is 12.3 Å². The Hall–Kier alpha value is -2.08. The summed E-state index contributed by atoms with van der Waals surface area (Å²) in [5.41, 5.74) is 0.116. The van der Waals surface area contributed by atoms with Crippen LogP contribution in [0.4, 0.5) is 0 Å². The van der Waals surface area contributed by atoms with E-state index in [2.05, 4.69) is 10.1 Å². The van der Waals surface area contributed by atoms with Crippen LogP contribution >= 0.6 is 0 Å². The highest BCUT2D eigenvalue weighted by atomic mass is 16.5. The summed E-state index contributed by atoms with van der Waals surface area (Å²) in [6.07, 6.45) is 0. The van der Waals surface area contributed by atoms with Crippen molar-refractivity contribution in [1.29, 1.82) is 0 Å². The molecule has 1 aromatic rings. The molecule has 0 aromatic heterocycles. The third-order valence-corrected chi connectivity index (χ3v) is 2.15. The number of esters is 1. The molecule has 0 aliphatic rings. The van der Waals surface area contributed by atoms with Crippen molar-refractivity contribution in [1.82, 2.24) is 5.32 Å². The van der Waals surface area contributed by atoms with Gasteiger partial charge in [-0.1, -0.05) is 12.1 Å². The molecule has 0 fully saturated rings. The van der Waals surface area contributed by atoms with Crippen molar-refractivity contribution >= 4 is 11.9 Å². The van der Waals surface area contributed by atoms with Gasteiger partial charge in [0.1, 0.15) is 17.9 Å². The summed E-state index contributed by atoms with van der Waals surface area (Å²) in [7, 11) is 1.31. The number of nitrogens with one attached hydrogen (secondary N) is 1. The van der Waals surface area contributed by atoms with Crippen molar-refractivity contribution < 1.29 is 24.2 Å². The van der Waals surface area contributed by atoms with Gasteiger partial charge in [-0.2, -0.15) is 0 Å². The first-order chi connectivity index (χ1) is 8.65. The van der Waals surface area contributed by atoms with Crippen molar-refractivity contribution in [3.05, 3.63) is 29.8 Å². The molecule has 0 atom stereocenters. The molecular formula is C12H15NO5. The van der Waals surface area contributed by atoms with Crippen LogP contribution in [-0.4, -0.2) is 43.9 Å². The highest BCUT2D eigenvalue weighted by Crippen LogP contribution is 2.17. The average molecular weight is 253 g/mol. The molecule has 0 aliphatic carbocycles. The van der Waals surface area contributed by atoms with Crippen LogP contribution in [0.5, 0.6) is 5.75 Å². The van der Waals surface area contributed by atoms with Crippen LogP contribution in [0.2, 0.25) is 0 Å². The number of carbonyl (C=O) groups excluding carboxylic acids is 1. The van der Waals surface area contributed by atoms with Crippen LogP contribution in [-0.2, 0) is 9.53 Å². The van der Waals surface area contributed by atoms with Crippen molar-refractivity contribution in [2.24, 2.45) is 0 Å². The van der Waals surface area contributed by atoms with Crippen LogP contribution in [0.1, 0.15) is 10.4 Å². The quantitative estimate of drug-likeness (QED) is 0.544. The van der Waals surface area contributed by atoms with Crippen LogP contribution in [0, 0.1) is 0 Å². The summed E-state index contributed by atoms with van der Waals surface area (Å²) in [4.78, 5) is 21.7. The van der Waals surface area contributed by atoms with Gasteiger partial charge < -0.3 is 19.9 Å². The molecule has 0 spiro atoms. The average Bonchev–Trinajstić information content (AvgIpc) is 2.38. The standard InChI is InChI=1S/C12H15NO5/c1-17-11(14)8-13-6-7-18-10-5-3-2-4-9(10)12(15)16/h2-5,13H,6-8H2,1H3,(H,15,16). The highest BCUT2D eigenvalue weighted by molar-refractivity contribution is 5.90. The van der Waals surface area contributed by atoms with Crippen LogP contribution in [0.3, 0.4) is 0 Å². The molecule has 18 heavy (non-hydrogen) atoms. The number of para-hydroxylation sites is 1. The van der Waals surface area contributed by atoms with E-state index in [4.69, 9.17) is 9.84 Å². The molecule has 6 nitrogen and oxygen atoms in total. The first-order valence-corrected chi connectivity index (χ1v) is 5.38. The summed E-state index contributed by atoms with van der Waals surface area (Å²) < 4.78 is 9.76. The van der Waals surface area contributed by atoms with Gasteiger partial charge in [0, 0.05) is 6.54 Å². The zero-order valence-corrected chi connectivity index (χ0v) is 10.0. The molecule has 1 aromatic carbocycles. The lowest BCUT2D eigenvalue weighted by Gasteiger charge is -2.09. The predicted molar refractivity (Wildman–Crippen MR) is 63.8 cm³/mol. The molecule has 0 bridgehead atoms. The second kappa shape index (κ2) is 7.29. The summed E-state index contributed by atoms with van der Waals surface area (Å²) >= 11 is 0. The second-order valence-corrected chi connectivity index (χ2v) is 3.40. The summed E-state index contributed by atoms with van der Waals surface area (Å²) in [6, 6.07) is 6.39. The minimum atomic E-state index is -1.03. The van der Waals surface area contributed by atoms with E-state index in [1.165, 1.54) is 13.2 Å². The fourth-order valence-electron chi connectivity index (χ4n) is 1.26. The normalized spacial score (nSPS) is 9.83. The van der Waals surface area contributed by atoms with E-state index in [1.54, 1.807) is 18.2 Å². The smallest absolute Gasteiger partial charge is 0.339 e. The fraction of sp³-hybridized carbons (Fsp3) is 0.333. The van der Waals surface area contributed by atoms with Crippen molar-refractivity contribution in [2.45, 2.75) is 0 Å². The van der Waals surface area contributed by atoms with Gasteiger partial charge in [0.05, 0.1) is 13.7 Å². The molecule has 0 radical (unpaired) electrons. The zero-order chi connectivity index (χ0) is 13.4. The topological polar surface area (TPSA) is 84.9 Å². The molecule has 2 N–H and O–H groups in total. The molecule has 0 aliphatic heterocycles. The van der Waals surface area contributed by atoms with Gasteiger partial charge in [0.25, 0.3) is 0 Å². The van der Waals surface area contributed by atoms with Crippen LogP contribution in [0.15, 0.2) is 24.3 Å². The third kappa shape index (κ3) is 4.42. The number of benzene rings is 1. The Labute approximate surface area is 105 Å². The number of rotatable bonds is 7. The lowest BCUT2D eigenvalue weighted by Crippen LogP contribution is -2.28. The number of ether oxygens (including phenoxy) is 2. The first kappa shape index (κ1) is 14.0. The molecular weight excluding hydrogens is 238 g/mol. The molecule has 6 heteroatoms. The highest BCUT2D eigenvalue weighted by Gasteiger charge is 2.09. The Bertz CT molecular complexity index is 419. The van der Waals surface area contributed by atoms with Gasteiger partial charge in [-0.3, -0.25) is 4.79 Å². The largest absolute Gasteiger partial charge is 0.491 e. The van der Waals surface area contributed by atoms with Crippen LogP contribution < -0.4 is 10.1 Å². The number of hydrogen-bond donors (Lipinski definition) is 2. The Kier molecular flexibility index (Phi) is 5.66. The molecule has 0 heterocycles. The van der Waals surface area contributed by atoms with E-state index < -0.39 is 5.97 Å². The van der Waals surface area contributed by atoms with E-state index in [-0.39, 0.29) is 24.7 Å². The van der Waals surface area contributed by atoms with E-state index >= 15 is 0 Å². The van der Waals surface area contributed by atoms with Gasteiger partial charge in [0.15, 0.2) is 0 Å². The van der Waals surface area contributed by atoms with Gasteiger partial charge in [-0.05, 0) is 12.1 Å². The van der Waals surface area contributed by atoms with Crippen molar-refractivity contribution in [3.8, 4) is 5.75 Å². The number of carboxylic acids is 1. The van der Waals surface area contributed by atoms with E-state index in [9.17, 15) is 9.59 Å². The zero-order valence-electron chi connectivity index (χ0n) is 10.0. The monoisotopic (exact) mass is 253 g/mol. The van der Waals surface area contributed by atoms with Gasteiger partial charge >= 0.3 is 11.9 Å². The maximum atomic E-state index is 10.9. The number of methoxy groups -OCH3 is 1. The lowest BCUT2D eigenvalue weighted by molar-refractivity contribution is -0.139. The van der Waals surface area contributed by atoms with Crippen molar-refractivity contribution in [2.75, 3.05) is 26.8 Å². The molecule has 0 saturated carbocycles. The summed E-state index contributed by atoms with van der Waals surface area (Å²) in [5, 5.41) is 11.7. The van der Waals surface area contributed by atoms with Gasteiger partial charge in [0.2, 0.25) is 0 Å². The maximum Gasteiger partial charge on any atom is 0.339 e. The third-order valence-electron chi connectivity index (χ3n) is 2.15. The second-order valence-electron chi connectivity index (χ2n) is 3.40. The minimum Gasteiger partial charge on any atom is -0.491 e. The van der Waals surface area contributed by atoms with Crippen molar-refractivity contribution in [3.63, 3.8) is 0 Å². The minimum absolute atomic E-state index is 0.0977.